The zero-order chi connectivity index (χ0) is 16.4. The second-order valence-electron chi connectivity index (χ2n) is 5.56. The molecule has 0 aliphatic carbocycles. The SMILES string of the molecule is Cc1ccccc1NC(=O)c1cccc(N2CCCS2(=O)=O)c1. The van der Waals surface area contributed by atoms with Crippen LogP contribution in [-0.2, 0) is 10.0 Å². The standard InChI is InChI=1S/C17H18N2O3S/c1-13-6-2-3-9-16(13)18-17(20)14-7-4-8-15(12-14)19-10-5-11-23(19,21)22/h2-4,6-9,12H,5,10-11H2,1H3,(H,18,20). The minimum absolute atomic E-state index is 0.159. The molecule has 5 nitrogen and oxygen atoms in total. The van der Waals surface area contributed by atoms with Crippen LogP contribution in [0.4, 0.5) is 11.4 Å². The third-order valence-corrected chi connectivity index (χ3v) is 5.76. The second kappa shape index (κ2) is 6.04. The van der Waals surface area contributed by atoms with Crippen molar-refractivity contribution in [2.75, 3.05) is 21.9 Å². The van der Waals surface area contributed by atoms with Crippen molar-refractivity contribution in [3.05, 3.63) is 59.7 Å². The minimum Gasteiger partial charge on any atom is -0.322 e. The second-order valence-corrected chi connectivity index (χ2v) is 7.57. The molecule has 0 spiro atoms. The van der Waals surface area contributed by atoms with Crippen LogP contribution in [0.25, 0.3) is 0 Å². The van der Waals surface area contributed by atoms with Gasteiger partial charge in [-0.3, -0.25) is 9.10 Å². The summed E-state index contributed by atoms with van der Waals surface area (Å²) >= 11 is 0. The summed E-state index contributed by atoms with van der Waals surface area (Å²) in [6.07, 6.45) is 0.613. The number of carbonyl (C=O) groups is 1. The number of carbonyl (C=O) groups excluding carboxylic acids is 1. The number of amides is 1. The van der Waals surface area contributed by atoms with Gasteiger partial charge < -0.3 is 5.32 Å². The Kier molecular flexibility index (Phi) is 4.09. The van der Waals surface area contributed by atoms with Crippen molar-refractivity contribution < 1.29 is 13.2 Å². The Hall–Kier alpha value is -2.34. The number of anilines is 2. The largest absolute Gasteiger partial charge is 0.322 e. The van der Waals surface area contributed by atoms with E-state index in [1.54, 1.807) is 24.3 Å². The van der Waals surface area contributed by atoms with Crippen LogP contribution in [0.15, 0.2) is 48.5 Å². The Bertz CT molecular complexity index is 846. The number of nitrogens with zero attached hydrogens (tertiary/aromatic N) is 1. The van der Waals surface area contributed by atoms with Gasteiger partial charge in [0.25, 0.3) is 5.91 Å². The fourth-order valence-electron chi connectivity index (χ4n) is 2.64. The molecule has 120 valence electrons. The average molecular weight is 330 g/mol. The zero-order valence-electron chi connectivity index (χ0n) is 12.8. The Labute approximate surface area is 136 Å². The molecule has 1 N–H and O–H groups in total. The lowest BCUT2D eigenvalue weighted by molar-refractivity contribution is 0.102. The average Bonchev–Trinajstić information content (AvgIpc) is 2.89. The zero-order valence-corrected chi connectivity index (χ0v) is 13.6. The topological polar surface area (TPSA) is 66.5 Å². The van der Waals surface area contributed by atoms with Gasteiger partial charge in [-0.1, -0.05) is 24.3 Å². The molecule has 1 heterocycles. The molecule has 0 bridgehead atoms. The van der Waals surface area contributed by atoms with E-state index in [0.717, 1.165) is 11.3 Å². The molecule has 1 fully saturated rings. The quantitative estimate of drug-likeness (QED) is 0.941. The summed E-state index contributed by atoms with van der Waals surface area (Å²) in [7, 11) is -3.25. The highest BCUT2D eigenvalue weighted by Crippen LogP contribution is 2.25. The van der Waals surface area contributed by atoms with E-state index >= 15 is 0 Å². The molecule has 0 atom stereocenters. The van der Waals surface area contributed by atoms with Gasteiger partial charge in [0.05, 0.1) is 11.4 Å². The Balaban J connectivity index is 1.85. The van der Waals surface area contributed by atoms with E-state index in [-0.39, 0.29) is 11.7 Å². The normalized spacial score (nSPS) is 16.3. The predicted octanol–water partition coefficient (Wildman–Crippen LogP) is 2.79. The van der Waals surface area contributed by atoms with E-state index in [4.69, 9.17) is 0 Å². The van der Waals surface area contributed by atoms with Crippen molar-refractivity contribution in [2.45, 2.75) is 13.3 Å². The van der Waals surface area contributed by atoms with Crippen LogP contribution in [0.3, 0.4) is 0 Å². The first-order valence-corrected chi connectivity index (χ1v) is 9.06. The van der Waals surface area contributed by atoms with Crippen LogP contribution in [0.2, 0.25) is 0 Å². The van der Waals surface area contributed by atoms with E-state index in [1.807, 2.05) is 31.2 Å². The predicted molar refractivity (Wildman–Crippen MR) is 91.3 cm³/mol. The smallest absolute Gasteiger partial charge is 0.255 e. The highest BCUT2D eigenvalue weighted by atomic mass is 32.2. The molecule has 6 heteroatoms. The molecular formula is C17H18N2O3S. The van der Waals surface area contributed by atoms with Crippen molar-refractivity contribution in [2.24, 2.45) is 0 Å². The van der Waals surface area contributed by atoms with Gasteiger partial charge in [0, 0.05) is 17.8 Å². The number of rotatable bonds is 3. The molecule has 1 aliphatic rings. The summed E-state index contributed by atoms with van der Waals surface area (Å²) in [5.41, 5.74) is 2.70. The fourth-order valence-corrected chi connectivity index (χ4v) is 4.20. The van der Waals surface area contributed by atoms with Gasteiger partial charge in [0.2, 0.25) is 10.0 Å². The van der Waals surface area contributed by atoms with E-state index in [1.165, 1.54) is 4.31 Å². The number of sulfonamides is 1. The molecule has 0 saturated carbocycles. The number of hydrogen-bond acceptors (Lipinski definition) is 3. The highest BCUT2D eigenvalue weighted by Gasteiger charge is 2.28. The first-order valence-electron chi connectivity index (χ1n) is 7.45. The summed E-state index contributed by atoms with van der Waals surface area (Å²) < 4.78 is 25.4. The van der Waals surface area contributed by atoms with Crippen LogP contribution < -0.4 is 9.62 Å². The van der Waals surface area contributed by atoms with E-state index < -0.39 is 10.0 Å². The molecule has 2 aromatic carbocycles. The number of aryl methyl sites for hydroxylation is 1. The minimum atomic E-state index is -3.25. The van der Waals surface area contributed by atoms with Crippen molar-refractivity contribution in [3.63, 3.8) is 0 Å². The molecule has 0 unspecified atom stereocenters. The van der Waals surface area contributed by atoms with Gasteiger partial charge in [0.15, 0.2) is 0 Å². The van der Waals surface area contributed by atoms with Crippen molar-refractivity contribution in [1.29, 1.82) is 0 Å². The molecule has 1 saturated heterocycles. The lowest BCUT2D eigenvalue weighted by Crippen LogP contribution is -2.25. The highest BCUT2D eigenvalue weighted by molar-refractivity contribution is 7.93. The molecule has 2 aromatic rings. The van der Waals surface area contributed by atoms with Gasteiger partial charge in [-0.2, -0.15) is 0 Å². The van der Waals surface area contributed by atoms with E-state index in [0.29, 0.717) is 24.2 Å². The fraction of sp³-hybridized carbons (Fsp3) is 0.235. The summed E-state index contributed by atoms with van der Waals surface area (Å²) in [5, 5.41) is 2.86. The van der Waals surface area contributed by atoms with E-state index in [9.17, 15) is 13.2 Å². The maximum Gasteiger partial charge on any atom is 0.255 e. The van der Waals surface area contributed by atoms with Crippen LogP contribution >= 0.6 is 0 Å². The van der Waals surface area contributed by atoms with Crippen molar-refractivity contribution in [3.8, 4) is 0 Å². The summed E-state index contributed by atoms with van der Waals surface area (Å²) in [4.78, 5) is 12.4. The molecule has 0 radical (unpaired) electrons. The summed E-state index contributed by atoms with van der Waals surface area (Å²) in [6, 6.07) is 14.2. The third kappa shape index (κ3) is 3.22. The molecule has 0 aromatic heterocycles. The maximum atomic E-state index is 12.4. The van der Waals surface area contributed by atoms with Gasteiger partial charge in [-0.05, 0) is 43.2 Å². The summed E-state index contributed by atoms with van der Waals surface area (Å²) in [6.45, 7) is 2.38. The van der Waals surface area contributed by atoms with Crippen LogP contribution in [0.5, 0.6) is 0 Å². The van der Waals surface area contributed by atoms with Gasteiger partial charge in [-0.15, -0.1) is 0 Å². The van der Waals surface area contributed by atoms with Crippen molar-refractivity contribution in [1.82, 2.24) is 0 Å². The monoisotopic (exact) mass is 330 g/mol. The van der Waals surface area contributed by atoms with Gasteiger partial charge in [-0.25, -0.2) is 8.42 Å². The van der Waals surface area contributed by atoms with Gasteiger partial charge in [0.1, 0.15) is 0 Å². The van der Waals surface area contributed by atoms with Crippen molar-refractivity contribution >= 4 is 27.3 Å². The van der Waals surface area contributed by atoms with Crippen LogP contribution in [0.1, 0.15) is 22.3 Å². The lowest BCUT2D eigenvalue weighted by atomic mass is 10.1. The van der Waals surface area contributed by atoms with E-state index in [2.05, 4.69) is 5.32 Å². The summed E-state index contributed by atoms with van der Waals surface area (Å²) in [5.74, 6) is -0.0927. The first kappa shape index (κ1) is 15.6. The molecule has 23 heavy (non-hydrogen) atoms. The number of nitrogens with one attached hydrogen (secondary N) is 1. The lowest BCUT2D eigenvalue weighted by Gasteiger charge is -2.17. The van der Waals surface area contributed by atoms with Gasteiger partial charge >= 0.3 is 0 Å². The first-order chi connectivity index (χ1) is 11.0. The number of benzene rings is 2. The molecule has 3 rings (SSSR count). The molecule has 1 amide bonds. The number of hydrogen-bond donors (Lipinski definition) is 1. The molecule has 1 aliphatic heterocycles. The molecular weight excluding hydrogens is 312 g/mol. The maximum absolute atomic E-state index is 12.4. The number of para-hydroxylation sites is 1. The third-order valence-electron chi connectivity index (χ3n) is 3.89. The van der Waals surface area contributed by atoms with Crippen LogP contribution in [0, 0.1) is 6.92 Å². The Morgan fingerprint density at radius 1 is 1.13 bits per heavy atom. The Morgan fingerprint density at radius 2 is 1.91 bits per heavy atom. The van der Waals surface area contributed by atoms with Crippen LogP contribution in [-0.4, -0.2) is 26.6 Å². The Morgan fingerprint density at radius 3 is 2.61 bits per heavy atom.